The van der Waals surface area contributed by atoms with Crippen molar-refractivity contribution >= 4 is 28.8 Å². The van der Waals surface area contributed by atoms with Gasteiger partial charge < -0.3 is 9.80 Å². The summed E-state index contributed by atoms with van der Waals surface area (Å²) in [5, 5.41) is 3.14. The number of benzene rings is 1. The fourth-order valence-corrected chi connectivity index (χ4v) is 4.71. The zero-order chi connectivity index (χ0) is 20.5. The first-order valence-electron chi connectivity index (χ1n) is 10.3. The lowest BCUT2D eigenvalue weighted by molar-refractivity contribution is -0.136. The second-order valence-corrected chi connectivity index (χ2v) is 9.21. The first-order valence-corrected chi connectivity index (χ1v) is 11.2. The van der Waals surface area contributed by atoms with Gasteiger partial charge >= 0.3 is 0 Å². The number of anilines is 1. The minimum absolute atomic E-state index is 0.0300. The van der Waals surface area contributed by atoms with Crippen LogP contribution < -0.4 is 4.90 Å². The second-order valence-electron chi connectivity index (χ2n) is 8.15. The lowest BCUT2D eigenvalue weighted by atomic mass is 10.1. The molecule has 0 spiro atoms. The summed E-state index contributed by atoms with van der Waals surface area (Å²) >= 11 is 1.66. The maximum atomic E-state index is 13.0. The Balaban J connectivity index is 1.37. The topological polar surface area (TPSA) is 56.8 Å². The largest absolute Gasteiger partial charge is 0.340 e. The third-order valence-corrected chi connectivity index (χ3v) is 6.50. The number of aryl methyl sites for hydroxylation is 1. The maximum absolute atomic E-state index is 13.0. The first-order chi connectivity index (χ1) is 13.9. The lowest BCUT2D eigenvalue weighted by Crippen LogP contribution is -2.52. The van der Waals surface area contributed by atoms with E-state index in [1.807, 2.05) is 30.6 Å². The van der Waals surface area contributed by atoms with Gasteiger partial charge in [0.1, 0.15) is 0 Å². The zero-order valence-corrected chi connectivity index (χ0v) is 18.2. The highest BCUT2D eigenvalue weighted by atomic mass is 32.1. The number of amides is 2. The number of fused-ring (bicyclic) bond motifs is 1. The van der Waals surface area contributed by atoms with Gasteiger partial charge in [0.05, 0.1) is 17.2 Å². The molecular weight excluding hydrogens is 384 g/mol. The summed E-state index contributed by atoms with van der Waals surface area (Å²) in [5.41, 5.74) is 4.37. The number of hydrogen-bond acceptors (Lipinski definition) is 5. The van der Waals surface area contributed by atoms with Gasteiger partial charge in [0.25, 0.3) is 0 Å². The van der Waals surface area contributed by atoms with Crippen LogP contribution in [0.4, 0.5) is 5.69 Å². The smallest absolute Gasteiger partial charge is 0.241 e. The number of piperazine rings is 1. The summed E-state index contributed by atoms with van der Waals surface area (Å²) in [7, 11) is 0. The second kappa shape index (κ2) is 8.24. The van der Waals surface area contributed by atoms with Crippen molar-refractivity contribution in [2.24, 2.45) is 5.92 Å². The van der Waals surface area contributed by atoms with Crippen molar-refractivity contribution < 1.29 is 9.59 Å². The molecule has 0 radical (unpaired) electrons. The summed E-state index contributed by atoms with van der Waals surface area (Å²) in [5.74, 6) is 0.377. The van der Waals surface area contributed by atoms with E-state index in [4.69, 9.17) is 0 Å². The van der Waals surface area contributed by atoms with Gasteiger partial charge in [-0.05, 0) is 31.0 Å². The Morgan fingerprint density at radius 3 is 2.55 bits per heavy atom. The van der Waals surface area contributed by atoms with Gasteiger partial charge in [-0.2, -0.15) is 0 Å². The van der Waals surface area contributed by atoms with Crippen molar-refractivity contribution in [3.8, 4) is 11.3 Å². The molecule has 1 fully saturated rings. The van der Waals surface area contributed by atoms with E-state index < -0.39 is 0 Å². The molecular formula is C22H28N4O2S. The molecule has 29 heavy (non-hydrogen) atoms. The van der Waals surface area contributed by atoms with Gasteiger partial charge in [-0.1, -0.05) is 19.9 Å². The quantitative estimate of drug-likeness (QED) is 0.775. The first kappa shape index (κ1) is 20.0. The Bertz CT molecular complexity index is 915. The number of hydrogen-bond donors (Lipinski definition) is 0. The molecule has 3 heterocycles. The molecule has 0 saturated carbocycles. The van der Waals surface area contributed by atoms with Gasteiger partial charge in [0.2, 0.25) is 11.8 Å². The number of rotatable bonds is 4. The van der Waals surface area contributed by atoms with Crippen LogP contribution in [0.25, 0.3) is 11.3 Å². The number of carbonyl (C=O) groups excluding carboxylic acids is 2. The molecule has 1 aromatic heterocycles. The molecule has 154 valence electrons. The van der Waals surface area contributed by atoms with E-state index in [-0.39, 0.29) is 17.7 Å². The molecule has 0 unspecified atom stereocenters. The molecule has 2 aromatic rings. The molecule has 7 heteroatoms. The minimum Gasteiger partial charge on any atom is -0.340 e. The van der Waals surface area contributed by atoms with Crippen molar-refractivity contribution in [2.45, 2.75) is 27.2 Å². The molecule has 0 atom stereocenters. The van der Waals surface area contributed by atoms with E-state index in [1.54, 1.807) is 11.3 Å². The third kappa shape index (κ3) is 4.21. The Labute approximate surface area is 176 Å². The SMILES string of the molecule is Cc1nc(-c2ccc3c(c2)CCN3C(=O)CN2CCN(C(=O)C(C)C)CC2)cs1. The number of nitrogens with zero attached hydrogens (tertiary/aromatic N) is 4. The van der Waals surface area contributed by atoms with Gasteiger partial charge in [-0.3, -0.25) is 14.5 Å². The highest BCUT2D eigenvalue weighted by molar-refractivity contribution is 7.09. The summed E-state index contributed by atoms with van der Waals surface area (Å²) in [4.78, 5) is 35.6. The summed E-state index contributed by atoms with van der Waals surface area (Å²) in [6, 6.07) is 6.30. The summed E-state index contributed by atoms with van der Waals surface area (Å²) in [6.45, 7) is 9.96. The van der Waals surface area contributed by atoms with Crippen LogP contribution in [0.15, 0.2) is 23.6 Å². The Morgan fingerprint density at radius 1 is 1.14 bits per heavy atom. The third-order valence-electron chi connectivity index (χ3n) is 5.73. The molecule has 2 aliphatic heterocycles. The monoisotopic (exact) mass is 412 g/mol. The van der Waals surface area contributed by atoms with Gasteiger partial charge in [-0.15, -0.1) is 11.3 Å². The predicted octanol–water partition coefficient (Wildman–Crippen LogP) is 2.81. The van der Waals surface area contributed by atoms with E-state index >= 15 is 0 Å². The van der Waals surface area contributed by atoms with Gasteiger partial charge in [-0.25, -0.2) is 4.98 Å². The number of carbonyl (C=O) groups is 2. The number of aromatic nitrogens is 1. The van der Waals surface area contributed by atoms with E-state index in [2.05, 4.69) is 33.5 Å². The van der Waals surface area contributed by atoms with Crippen LogP contribution in [0.3, 0.4) is 0 Å². The summed E-state index contributed by atoms with van der Waals surface area (Å²) < 4.78 is 0. The fraction of sp³-hybridized carbons (Fsp3) is 0.500. The standard InChI is InChI=1S/C22H28N4O2S/c1-15(2)22(28)25-10-8-24(9-11-25)13-21(27)26-7-6-18-12-17(4-5-20(18)26)19-14-29-16(3)23-19/h4-5,12,14-15H,6-11,13H2,1-3H3. The van der Waals surface area contributed by atoms with Crippen molar-refractivity contribution in [2.75, 3.05) is 44.2 Å². The van der Waals surface area contributed by atoms with Crippen molar-refractivity contribution in [3.63, 3.8) is 0 Å². The highest BCUT2D eigenvalue weighted by Crippen LogP contribution is 2.32. The molecule has 2 aliphatic rings. The van der Waals surface area contributed by atoms with Gasteiger partial charge in [0, 0.05) is 55.3 Å². The lowest BCUT2D eigenvalue weighted by Gasteiger charge is -2.35. The molecule has 6 nitrogen and oxygen atoms in total. The van der Waals surface area contributed by atoms with E-state index in [0.29, 0.717) is 19.6 Å². The minimum atomic E-state index is 0.0300. The molecule has 1 saturated heterocycles. The average molecular weight is 413 g/mol. The molecule has 1 aromatic carbocycles. The molecule has 0 N–H and O–H groups in total. The van der Waals surface area contributed by atoms with Crippen molar-refractivity contribution in [1.29, 1.82) is 0 Å². The molecule has 2 amide bonds. The van der Waals surface area contributed by atoms with Crippen molar-refractivity contribution in [1.82, 2.24) is 14.8 Å². The summed E-state index contributed by atoms with van der Waals surface area (Å²) in [6.07, 6.45) is 0.884. The number of thiazole rings is 1. The van der Waals surface area contributed by atoms with Crippen LogP contribution in [0, 0.1) is 12.8 Å². The van der Waals surface area contributed by atoms with Crippen LogP contribution in [0.5, 0.6) is 0 Å². The Kier molecular flexibility index (Phi) is 5.69. The fourth-order valence-electron chi connectivity index (χ4n) is 4.08. The normalized spacial score (nSPS) is 17.1. The molecule has 0 aliphatic carbocycles. The van der Waals surface area contributed by atoms with E-state index in [9.17, 15) is 9.59 Å². The van der Waals surface area contributed by atoms with Crippen LogP contribution in [-0.4, -0.2) is 65.9 Å². The van der Waals surface area contributed by atoms with Gasteiger partial charge in [0.15, 0.2) is 0 Å². The maximum Gasteiger partial charge on any atom is 0.241 e. The average Bonchev–Trinajstić information content (AvgIpc) is 3.33. The zero-order valence-electron chi connectivity index (χ0n) is 17.4. The Hall–Kier alpha value is -2.25. The van der Waals surface area contributed by atoms with E-state index in [1.165, 1.54) is 5.56 Å². The van der Waals surface area contributed by atoms with E-state index in [0.717, 1.165) is 48.0 Å². The van der Waals surface area contributed by atoms with Crippen LogP contribution in [0.1, 0.15) is 24.4 Å². The van der Waals surface area contributed by atoms with Crippen molar-refractivity contribution in [3.05, 3.63) is 34.2 Å². The molecule has 0 bridgehead atoms. The molecule has 4 rings (SSSR count). The predicted molar refractivity (Wildman–Crippen MR) is 116 cm³/mol. The highest BCUT2D eigenvalue weighted by Gasteiger charge is 2.28. The van der Waals surface area contributed by atoms with Crippen LogP contribution >= 0.6 is 11.3 Å². The van der Waals surface area contributed by atoms with Crippen LogP contribution in [-0.2, 0) is 16.0 Å². The van der Waals surface area contributed by atoms with Crippen LogP contribution in [0.2, 0.25) is 0 Å². The Morgan fingerprint density at radius 2 is 1.90 bits per heavy atom.